The predicted molar refractivity (Wildman–Crippen MR) is 564 cm³/mol. The van der Waals surface area contributed by atoms with Crippen LogP contribution in [0, 0.1) is 17.9 Å². The number of rotatable bonds is 13. The SMILES string of the molecule is [C-]#[N+]c1cccc(-c2cc(-c3cccc(-c4ccccc4)c3)c(N3c4cc(-n5c6ccccc6c6ccccc65)ccc4B4c5ccc(-n6c7ccccc7c7ccccc76)cc5N(c5c(-c6cccc(-c7ccccc7)c6)cc(-c6cccc(C#N)c6)cc5-c5cc(C(C)(C)C)cc(C(C)(C)C)c5)c5cc(-c6ccccc6)cc3c54)c(-c3cc(C(C)(C)C)cc(C(C)(C)C)c3)c2)c1. The highest BCUT2D eigenvalue weighted by molar-refractivity contribution is 7.00. The fraction of sp³-hybridized carbons (Fsp3) is 0.127. The molecule has 20 aromatic rings. The lowest BCUT2D eigenvalue weighted by Crippen LogP contribution is -2.61. The van der Waals surface area contributed by atoms with Crippen LogP contribution in [0.4, 0.5) is 39.8 Å². The van der Waals surface area contributed by atoms with Crippen LogP contribution in [0.3, 0.4) is 0 Å². The van der Waals surface area contributed by atoms with Crippen LogP contribution in [0.15, 0.2) is 394 Å². The van der Waals surface area contributed by atoms with Crippen LogP contribution in [0.25, 0.3) is 160 Å². The van der Waals surface area contributed by atoms with Crippen molar-refractivity contribution in [3.05, 3.63) is 434 Å². The minimum Gasteiger partial charge on any atom is -0.310 e. The molecule has 0 N–H and O–H groups in total. The summed E-state index contributed by atoms with van der Waals surface area (Å²) in [7, 11) is 0. The molecule has 0 spiro atoms. The Morgan fingerprint density at radius 1 is 0.256 bits per heavy atom. The Labute approximate surface area is 781 Å². The lowest BCUT2D eigenvalue weighted by molar-refractivity contribution is 0.568. The Bertz CT molecular complexity index is 7580. The second-order valence-corrected chi connectivity index (χ2v) is 40.3. The van der Waals surface area contributed by atoms with Gasteiger partial charge in [-0.25, -0.2) is 4.85 Å². The summed E-state index contributed by atoms with van der Waals surface area (Å²) in [6, 6.07) is 150. The largest absolute Gasteiger partial charge is 0.310 e. The first-order valence-corrected chi connectivity index (χ1v) is 46.5. The van der Waals surface area contributed by atoms with Crippen molar-refractivity contribution in [1.29, 1.82) is 5.26 Å². The van der Waals surface area contributed by atoms with E-state index in [1.807, 2.05) is 24.3 Å². The lowest BCUT2D eigenvalue weighted by Gasteiger charge is -2.46. The average Bonchev–Trinajstić information content (AvgIpc) is 1.67. The van der Waals surface area contributed by atoms with Crippen LogP contribution < -0.4 is 26.2 Å². The van der Waals surface area contributed by atoms with E-state index in [9.17, 15) is 5.26 Å². The van der Waals surface area contributed by atoms with Gasteiger partial charge in [0.25, 0.3) is 6.71 Å². The molecule has 4 heterocycles. The zero-order valence-corrected chi connectivity index (χ0v) is 77.3. The first-order chi connectivity index (χ1) is 64.4. The van der Waals surface area contributed by atoms with Crippen molar-refractivity contribution in [2.45, 2.75) is 105 Å². The van der Waals surface area contributed by atoms with E-state index in [0.29, 0.717) is 11.3 Å². The second kappa shape index (κ2) is 32.1. The normalized spacial score (nSPS) is 12.6. The number of hydrogen-bond donors (Lipinski definition) is 0. The van der Waals surface area contributed by atoms with E-state index in [0.717, 1.165) is 184 Å². The smallest absolute Gasteiger partial charge is 0.252 e. The molecule has 638 valence electrons. The van der Waals surface area contributed by atoms with Crippen LogP contribution in [-0.2, 0) is 21.7 Å². The van der Waals surface area contributed by atoms with E-state index in [4.69, 9.17) is 6.57 Å². The van der Waals surface area contributed by atoms with Gasteiger partial charge in [0.1, 0.15) is 0 Å². The monoisotopic (exact) mass is 1710 g/mol. The maximum absolute atomic E-state index is 11.0. The molecule has 0 radical (unpaired) electrons. The number of fused-ring (bicyclic) bond motifs is 10. The van der Waals surface area contributed by atoms with Gasteiger partial charge in [0.05, 0.1) is 51.6 Å². The molecule has 0 bridgehead atoms. The fourth-order valence-corrected chi connectivity index (χ4v) is 20.7. The molecule has 2 aromatic heterocycles. The van der Waals surface area contributed by atoms with Gasteiger partial charge in [-0.3, -0.25) is 0 Å². The number of para-hydroxylation sites is 4. The van der Waals surface area contributed by atoms with Crippen LogP contribution in [0.2, 0.25) is 0 Å². The minimum atomic E-state index is -0.426. The highest BCUT2D eigenvalue weighted by atomic mass is 15.2. The van der Waals surface area contributed by atoms with Crippen molar-refractivity contribution in [1.82, 2.24) is 9.13 Å². The van der Waals surface area contributed by atoms with Gasteiger partial charge < -0.3 is 18.9 Å². The summed E-state index contributed by atoms with van der Waals surface area (Å²) in [4.78, 5) is 9.58. The molecule has 22 rings (SSSR count). The Balaban J connectivity index is 0.967. The fourth-order valence-electron chi connectivity index (χ4n) is 20.7. The molecule has 133 heavy (non-hydrogen) atoms. The Hall–Kier alpha value is -15.8. The quantitative estimate of drug-likeness (QED) is 0.0854. The van der Waals surface area contributed by atoms with E-state index >= 15 is 0 Å². The molecular formula is C126H101BN6. The lowest BCUT2D eigenvalue weighted by atomic mass is 9.33. The molecule has 7 heteroatoms. The van der Waals surface area contributed by atoms with Gasteiger partial charge in [-0.05, 0) is 253 Å². The van der Waals surface area contributed by atoms with Gasteiger partial charge in [0.15, 0.2) is 5.69 Å². The van der Waals surface area contributed by atoms with Gasteiger partial charge in [0, 0.05) is 77.9 Å². The molecule has 0 atom stereocenters. The summed E-state index contributed by atoms with van der Waals surface area (Å²) in [5, 5.41) is 15.7. The average molecular weight is 1710 g/mol. The summed E-state index contributed by atoms with van der Waals surface area (Å²) < 4.78 is 4.99. The Morgan fingerprint density at radius 3 is 0.932 bits per heavy atom. The minimum absolute atomic E-state index is 0.282. The molecule has 18 aromatic carbocycles. The molecule has 0 amide bonds. The maximum atomic E-state index is 11.0. The number of nitriles is 1. The Kier molecular flexibility index (Phi) is 20.0. The van der Waals surface area contributed by atoms with Gasteiger partial charge in [-0.1, -0.05) is 362 Å². The zero-order chi connectivity index (χ0) is 91.1. The van der Waals surface area contributed by atoms with Gasteiger partial charge >= 0.3 is 0 Å². The van der Waals surface area contributed by atoms with Gasteiger partial charge in [-0.15, -0.1) is 0 Å². The summed E-state index contributed by atoms with van der Waals surface area (Å²) in [5.74, 6) is 0. The third kappa shape index (κ3) is 14.6. The number of nitrogens with zero attached hydrogens (tertiary/aromatic N) is 6. The van der Waals surface area contributed by atoms with Crippen LogP contribution in [0.5, 0.6) is 0 Å². The summed E-state index contributed by atoms with van der Waals surface area (Å²) in [6.45, 7) is 36.4. The third-order valence-corrected chi connectivity index (χ3v) is 27.6. The zero-order valence-electron chi connectivity index (χ0n) is 77.3. The highest BCUT2D eigenvalue weighted by Crippen LogP contribution is 2.58. The molecule has 0 fully saturated rings. The van der Waals surface area contributed by atoms with Crippen LogP contribution in [0.1, 0.15) is 111 Å². The van der Waals surface area contributed by atoms with E-state index in [2.05, 4.69) is 483 Å². The number of benzene rings is 18. The molecule has 6 nitrogen and oxygen atoms in total. The number of aromatic nitrogens is 2. The Morgan fingerprint density at radius 2 is 0.564 bits per heavy atom. The molecular weight excluding hydrogens is 1610 g/mol. The molecule has 0 aliphatic carbocycles. The molecule has 0 unspecified atom stereocenters. The van der Waals surface area contributed by atoms with Crippen molar-refractivity contribution in [3.63, 3.8) is 0 Å². The summed E-state index contributed by atoms with van der Waals surface area (Å²) in [6.07, 6.45) is 0. The van der Waals surface area contributed by atoms with Gasteiger partial charge in [0.2, 0.25) is 0 Å². The highest BCUT2D eigenvalue weighted by Gasteiger charge is 2.47. The van der Waals surface area contributed by atoms with Crippen molar-refractivity contribution >= 4 is 107 Å². The maximum Gasteiger partial charge on any atom is 0.252 e. The topological polar surface area (TPSA) is 44.5 Å². The molecule has 2 aliphatic rings. The van der Waals surface area contributed by atoms with E-state index in [1.54, 1.807) is 0 Å². The molecule has 2 aliphatic heterocycles. The number of anilines is 6. The van der Waals surface area contributed by atoms with E-state index < -0.39 is 6.71 Å². The summed E-state index contributed by atoms with van der Waals surface area (Å²) in [5.41, 5.74) is 39.6. The predicted octanol–water partition coefficient (Wildman–Crippen LogP) is 32.6. The number of hydrogen-bond acceptors (Lipinski definition) is 3. The van der Waals surface area contributed by atoms with Crippen molar-refractivity contribution in [2.75, 3.05) is 9.80 Å². The van der Waals surface area contributed by atoms with Crippen LogP contribution in [-0.4, -0.2) is 15.8 Å². The first-order valence-electron chi connectivity index (χ1n) is 46.5. The van der Waals surface area contributed by atoms with Gasteiger partial charge in [-0.2, -0.15) is 5.26 Å². The third-order valence-electron chi connectivity index (χ3n) is 27.6. The molecule has 0 saturated carbocycles. The second-order valence-electron chi connectivity index (χ2n) is 40.3. The van der Waals surface area contributed by atoms with E-state index in [1.165, 1.54) is 43.8 Å². The van der Waals surface area contributed by atoms with Crippen molar-refractivity contribution < 1.29 is 0 Å². The van der Waals surface area contributed by atoms with Crippen LogP contribution >= 0.6 is 0 Å². The van der Waals surface area contributed by atoms with E-state index in [-0.39, 0.29) is 21.7 Å². The standard InChI is InChI=1S/C126H101BN6/c1-123(2,3)95-64-93(65-96(75-95)124(4,5)6)108-71-90(84-42-31-35-80(61-84)79-128)69-106(88-46-32-43-85(62-88)81-36-17-14-18-37-81)121(108)132-116-77-100(130-112-53-27-23-49-102(112)103-50-24-28-54-113(103)130)57-59-110(116)127-111-60-58-101(131-114-55-29-25-51-104(114)105-52-26-30-56-115(105)131)78-117(111)133(119-74-92(73-118(132)120(119)127)83-40-21-16-22-41-83)122-107(89-47-33-44-86(63-89)82-38-19-15-20-39-82)70-91(87-45-34-48-99(68-87)129-13)72-109(122)94-66-97(125(7,8)9)76-98(67-94)126(10,11)12/h14-78H,1-12H3. The first kappa shape index (κ1) is 82.9. The van der Waals surface area contributed by atoms with Crippen molar-refractivity contribution in [3.8, 4) is 118 Å². The summed E-state index contributed by atoms with van der Waals surface area (Å²) >= 11 is 0. The van der Waals surface area contributed by atoms with Crippen molar-refractivity contribution in [2.24, 2.45) is 0 Å². The molecule has 0 saturated heterocycles.